The molecule has 170 valence electrons. The fraction of sp³-hybridized carbons (Fsp3) is 0.407. The van der Waals surface area contributed by atoms with Gasteiger partial charge in [0.1, 0.15) is 6.26 Å². The van der Waals surface area contributed by atoms with Gasteiger partial charge in [-0.25, -0.2) is 4.98 Å². The molecule has 0 bridgehead atoms. The number of carbonyl (C=O) groups excluding carboxylic acids is 1. The van der Waals surface area contributed by atoms with Crippen LogP contribution in [0.2, 0.25) is 0 Å². The van der Waals surface area contributed by atoms with Crippen molar-refractivity contribution >= 4 is 5.91 Å². The zero-order valence-electron chi connectivity index (χ0n) is 19.9. The second-order valence-electron chi connectivity index (χ2n) is 9.81. The molecular formula is C27H35N3O2. The Hall–Kier alpha value is -2.92. The first-order chi connectivity index (χ1) is 15.2. The first-order valence-corrected chi connectivity index (χ1v) is 11.3. The average Bonchev–Trinajstić information content (AvgIpc) is 3.21. The van der Waals surface area contributed by atoms with E-state index in [9.17, 15) is 4.79 Å². The predicted molar refractivity (Wildman–Crippen MR) is 128 cm³/mol. The maximum absolute atomic E-state index is 12.3. The summed E-state index contributed by atoms with van der Waals surface area (Å²) in [6.07, 6.45) is 1.45. The molecule has 0 aliphatic heterocycles. The molecule has 0 saturated heterocycles. The Morgan fingerprint density at radius 2 is 1.59 bits per heavy atom. The van der Waals surface area contributed by atoms with Gasteiger partial charge in [0.25, 0.3) is 5.91 Å². The fourth-order valence-electron chi connectivity index (χ4n) is 3.44. The van der Waals surface area contributed by atoms with Gasteiger partial charge in [-0.1, -0.05) is 89.2 Å². The molecular weight excluding hydrogens is 398 g/mol. The quantitative estimate of drug-likeness (QED) is 0.480. The van der Waals surface area contributed by atoms with Gasteiger partial charge < -0.3 is 9.73 Å². The molecule has 0 spiro atoms. The lowest BCUT2D eigenvalue weighted by atomic mass is 9.87. The summed E-state index contributed by atoms with van der Waals surface area (Å²) in [7, 11) is 0. The lowest BCUT2D eigenvalue weighted by Gasteiger charge is -2.23. The van der Waals surface area contributed by atoms with Crippen molar-refractivity contribution in [3.8, 4) is 0 Å². The molecule has 2 aromatic carbocycles. The van der Waals surface area contributed by atoms with Crippen molar-refractivity contribution in [1.82, 2.24) is 15.2 Å². The minimum absolute atomic E-state index is 0.132. The van der Waals surface area contributed by atoms with Gasteiger partial charge in [-0.3, -0.25) is 9.69 Å². The smallest absolute Gasteiger partial charge is 0.273 e. The first-order valence-electron chi connectivity index (χ1n) is 11.3. The summed E-state index contributed by atoms with van der Waals surface area (Å²) in [6.45, 7) is 13.5. The summed E-state index contributed by atoms with van der Waals surface area (Å²) in [5.74, 6) is 0.736. The summed E-state index contributed by atoms with van der Waals surface area (Å²) in [6, 6.07) is 19.2. The Kier molecular flexibility index (Phi) is 7.86. The third kappa shape index (κ3) is 7.06. The van der Waals surface area contributed by atoms with Gasteiger partial charge in [0.2, 0.25) is 5.89 Å². The van der Waals surface area contributed by atoms with E-state index in [1.54, 1.807) is 0 Å². The van der Waals surface area contributed by atoms with Crippen molar-refractivity contribution in [2.75, 3.05) is 6.54 Å². The van der Waals surface area contributed by atoms with E-state index < -0.39 is 0 Å². The van der Waals surface area contributed by atoms with Crippen LogP contribution in [0.3, 0.4) is 0 Å². The average molecular weight is 434 g/mol. The van der Waals surface area contributed by atoms with Gasteiger partial charge in [0.15, 0.2) is 5.69 Å². The third-order valence-electron chi connectivity index (χ3n) is 5.29. The third-order valence-corrected chi connectivity index (χ3v) is 5.29. The first kappa shape index (κ1) is 23.7. The Morgan fingerprint density at radius 3 is 2.19 bits per heavy atom. The van der Waals surface area contributed by atoms with Crippen LogP contribution in [0, 0.1) is 5.92 Å². The van der Waals surface area contributed by atoms with E-state index in [4.69, 9.17) is 4.42 Å². The number of amides is 1. The zero-order valence-corrected chi connectivity index (χ0v) is 19.9. The topological polar surface area (TPSA) is 58.4 Å². The number of aromatic nitrogens is 1. The second kappa shape index (κ2) is 10.6. The SMILES string of the molecule is CC(C)CNC(=O)c1coc(CN(Cc2ccccc2)Cc2ccc(C(C)(C)C)cc2)n1. The highest BCUT2D eigenvalue weighted by molar-refractivity contribution is 5.91. The van der Waals surface area contributed by atoms with Crippen LogP contribution in [0.5, 0.6) is 0 Å². The molecule has 3 rings (SSSR count). The van der Waals surface area contributed by atoms with Crippen LogP contribution in [-0.2, 0) is 25.0 Å². The van der Waals surface area contributed by atoms with E-state index >= 15 is 0 Å². The number of hydrogen-bond acceptors (Lipinski definition) is 4. The number of hydrogen-bond donors (Lipinski definition) is 1. The van der Waals surface area contributed by atoms with Crippen molar-refractivity contribution < 1.29 is 9.21 Å². The summed E-state index contributed by atoms with van der Waals surface area (Å²) in [5.41, 5.74) is 4.23. The fourth-order valence-corrected chi connectivity index (χ4v) is 3.44. The molecule has 1 amide bonds. The van der Waals surface area contributed by atoms with Crippen molar-refractivity contribution in [3.05, 3.63) is 89.1 Å². The lowest BCUT2D eigenvalue weighted by molar-refractivity contribution is 0.0944. The summed E-state index contributed by atoms with van der Waals surface area (Å²) >= 11 is 0. The summed E-state index contributed by atoms with van der Waals surface area (Å²) < 4.78 is 5.65. The summed E-state index contributed by atoms with van der Waals surface area (Å²) in [4.78, 5) is 19.0. The zero-order chi connectivity index (χ0) is 23.1. The van der Waals surface area contributed by atoms with Crippen LogP contribution in [0.1, 0.15) is 67.7 Å². The minimum Gasteiger partial charge on any atom is -0.447 e. The molecule has 0 aliphatic rings. The Labute approximate surface area is 191 Å². The van der Waals surface area contributed by atoms with Gasteiger partial charge in [0.05, 0.1) is 6.54 Å². The highest BCUT2D eigenvalue weighted by atomic mass is 16.3. The molecule has 1 heterocycles. The molecule has 0 unspecified atom stereocenters. The van der Waals surface area contributed by atoms with Crippen molar-refractivity contribution in [2.45, 2.75) is 59.7 Å². The van der Waals surface area contributed by atoms with Crippen molar-refractivity contribution in [2.24, 2.45) is 5.92 Å². The Bertz CT molecular complexity index is 986. The van der Waals surface area contributed by atoms with Crippen molar-refractivity contribution in [3.63, 3.8) is 0 Å². The van der Waals surface area contributed by atoms with Crippen LogP contribution >= 0.6 is 0 Å². The van der Waals surface area contributed by atoms with E-state index in [0.29, 0.717) is 30.6 Å². The highest BCUT2D eigenvalue weighted by Crippen LogP contribution is 2.23. The molecule has 0 aliphatic carbocycles. The second-order valence-corrected chi connectivity index (χ2v) is 9.81. The molecule has 5 nitrogen and oxygen atoms in total. The maximum Gasteiger partial charge on any atom is 0.273 e. The van der Waals surface area contributed by atoms with Gasteiger partial charge >= 0.3 is 0 Å². The Morgan fingerprint density at radius 1 is 0.969 bits per heavy atom. The van der Waals surface area contributed by atoms with Crippen LogP contribution in [0.4, 0.5) is 0 Å². The van der Waals surface area contributed by atoms with E-state index in [-0.39, 0.29) is 11.3 Å². The molecule has 0 saturated carbocycles. The van der Waals surface area contributed by atoms with E-state index in [2.05, 4.69) is 86.2 Å². The summed E-state index contributed by atoms with van der Waals surface area (Å²) in [5, 5.41) is 2.89. The number of nitrogens with one attached hydrogen (secondary N) is 1. The molecule has 5 heteroatoms. The van der Waals surface area contributed by atoms with Crippen LogP contribution in [0.15, 0.2) is 65.3 Å². The molecule has 3 aromatic rings. The van der Waals surface area contributed by atoms with E-state index in [0.717, 1.165) is 13.1 Å². The van der Waals surface area contributed by atoms with Crippen LogP contribution < -0.4 is 5.32 Å². The largest absolute Gasteiger partial charge is 0.447 e. The molecule has 32 heavy (non-hydrogen) atoms. The van der Waals surface area contributed by atoms with E-state index in [1.165, 1.54) is 23.0 Å². The van der Waals surface area contributed by atoms with Gasteiger partial charge in [-0.2, -0.15) is 0 Å². The predicted octanol–water partition coefficient (Wildman–Crippen LogP) is 5.56. The molecule has 0 radical (unpaired) electrons. The number of oxazole rings is 1. The normalized spacial score (nSPS) is 11.8. The number of benzene rings is 2. The molecule has 1 N–H and O–H groups in total. The minimum atomic E-state index is -0.193. The molecule has 1 aromatic heterocycles. The molecule has 0 atom stereocenters. The highest BCUT2D eigenvalue weighted by Gasteiger charge is 2.17. The number of rotatable bonds is 9. The lowest BCUT2D eigenvalue weighted by Crippen LogP contribution is -2.27. The Balaban J connectivity index is 1.73. The number of nitrogens with zero attached hydrogens (tertiary/aromatic N) is 2. The van der Waals surface area contributed by atoms with Gasteiger partial charge in [-0.15, -0.1) is 0 Å². The maximum atomic E-state index is 12.3. The molecule has 0 fully saturated rings. The standard InChI is InChI=1S/C27H35N3O2/c1-20(2)15-28-26(31)24-19-32-25(29-24)18-30(16-21-9-7-6-8-10-21)17-22-11-13-23(14-12-22)27(3,4)5/h6-14,19-20H,15-18H2,1-5H3,(H,28,31). The van der Waals surface area contributed by atoms with Crippen molar-refractivity contribution in [1.29, 1.82) is 0 Å². The van der Waals surface area contributed by atoms with Gasteiger partial charge in [0, 0.05) is 19.6 Å². The van der Waals surface area contributed by atoms with E-state index in [1.807, 2.05) is 18.2 Å². The van der Waals surface area contributed by atoms with Crippen LogP contribution in [0.25, 0.3) is 0 Å². The van der Waals surface area contributed by atoms with Crippen LogP contribution in [-0.4, -0.2) is 22.3 Å². The number of carbonyl (C=O) groups is 1. The monoisotopic (exact) mass is 433 g/mol. The van der Waals surface area contributed by atoms with Gasteiger partial charge in [-0.05, 0) is 28.0 Å².